The zero-order valence-electron chi connectivity index (χ0n) is 15.1. The number of para-hydroxylation sites is 1. The van der Waals surface area contributed by atoms with Crippen molar-refractivity contribution in [3.8, 4) is 0 Å². The first-order chi connectivity index (χ1) is 12.5. The van der Waals surface area contributed by atoms with E-state index < -0.39 is 12.0 Å². The van der Waals surface area contributed by atoms with Crippen LogP contribution in [0.5, 0.6) is 0 Å². The van der Waals surface area contributed by atoms with E-state index in [-0.39, 0.29) is 5.91 Å². The number of methoxy groups -OCH3 is 1. The molecule has 0 saturated heterocycles. The summed E-state index contributed by atoms with van der Waals surface area (Å²) in [6.07, 6.45) is 3.13. The molecule has 136 valence electrons. The standard InChI is InChI=1S/C20H22N2O3S/c1-4-17-12(2)9-18(26-17)19(23)22-16(20(24)25-3)10-13-11-21-15-8-6-5-7-14(13)15/h5-9,11,16,21H,4,10H2,1-3H3,(H,22,23). The Morgan fingerprint density at radius 3 is 2.77 bits per heavy atom. The molecule has 0 aliphatic carbocycles. The summed E-state index contributed by atoms with van der Waals surface area (Å²) in [5.74, 6) is -0.694. The number of aryl methyl sites for hydroxylation is 2. The SMILES string of the molecule is CCc1sc(C(=O)NC(Cc2c[nH]c3ccccc23)C(=O)OC)cc1C. The second-order valence-corrected chi connectivity index (χ2v) is 7.32. The first-order valence-electron chi connectivity index (χ1n) is 8.56. The van der Waals surface area contributed by atoms with E-state index in [1.807, 2.05) is 43.5 Å². The lowest BCUT2D eigenvalue weighted by atomic mass is 10.0. The van der Waals surface area contributed by atoms with Crippen LogP contribution >= 0.6 is 11.3 Å². The Morgan fingerprint density at radius 2 is 2.08 bits per heavy atom. The lowest BCUT2D eigenvalue weighted by Crippen LogP contribution is -2.42. The normalized spacial score (nSPS) is 12.1. The number of benzene rings is 1. The van der Waals surface area contributed by atoms with Crippen LogP contribution in [0.3, 0.4) is 0 Å². The van der Waals surface area contributed by atoms with Crippen LogP contribution in [0.15, 0.2) is 36.5 Å². The quantitative estimate of drug-likeness (QED) is 0.651. The number of esters is 1. The van der Waals surface area contributed by atoms with Gasteiger partial charge in [-0.2, -0.15) is 0 Å². The van der Waals surface area contributed by atoms with Gasteiger partial charge in [0.1, 0.15) is 6.04 Å². The zero-order chi connectivity index (χ0) is 18.7. The highest BCUT2D eigenvalue weighted by Gasteiger charge is 2.24. The summed E-state index contributed by atoms with van der Waals surface area (Å²) < 4.78 is 4.90. The number of carbonyl (C=O) groups is 2. The molecular formula is C20H22N2O3S. The summed E-state index contributed by atoms with van der Waals surface area (Å²) in [5, 5.41) is 3.87. The monoisotopic (exact) mass is 370 g/mol. The molecule has 1 aromatic carbocycles. The molecule has 5 nitrogen and oxygen atoms in total. The second kappa shape index (κ2) is 7.74. The van der Waals surface area contributed by atoms with Gasteiger partial charge in [0.05, 0.1) is 12.0 Å². The number of hydrogen-bond acceptors (Lipinski definition) is 4. The van der Waals surface area contributed by atoms with Crippen molar-refractivity contribution in [3.05, 3.63) is 57.4 Å². The summed E-state index contributed by atoms with van der Waals surface area (Å²) in [6.45, 7) is 4.06. The van der Waals surface area contributed by atoms with Crippen molar-refractivity contribution < 1.29 is 14.3 Å². The summed E-state index contributed by atoms with van der Waals surface area (Å²) >= 11 is 1.47. The predicted octanol–water partition coefficient (Wildman–Crippen LogP) is 3.61. The molecule has 0 bridgehead atoms. The molecule has 0 radical (unpaired) electrons. The number of carbonyl (C=O) groups excluding carboxylic acids is 2. The Kier molecular flexibility index (Phi) is 5.42. The number of nitrogens with one attached hydrogen (secondary N) is 2. The van der Waals surface area contributed by atoms with Crippen molar-refractivity contribution in [2.75, 3.05) is 7.11 Å². The van der Waals surface area contributed by atoms with E-state index in [1.165, 1.54) is 23.3 Å². The van der Waals surface area contributed by atoms with E-state index in [4.69, 9.17) is 4.74 Å². The van der Waals surface area contributed by atoms with E-state index in [1.54, 1.807) is 0 Å². The molecule has 3 aromatic rings. The number of amides is 1. The van der Waals surface area contributed by atoms with Crippen molar-refractivity contribution in [1.29, 1.82) is 0 Å². The molecule has 0 aliphatic heterocycles. The van der Waals surface area contributed by atoms with Gasteiger partial charge < -0.3 is 15.0 Å². The van der Waals surface area contributed by atoms with Gasteiger partial charge in [-0.25, -0.2) is 4.79 Å². The van der Waals surface area contributed by atoms with E-state index in [0.717, 1.165) is 28.5 Å². The number of rotatable bonds is 6. The summed E-state index contributed by atoms with van der Waals surface area (Å²) in [4.78, 5) is 29.8. The first kappa shape index (κ1) is 18.2. The minimum Gasteiger partial charge on any atom is -0.467 e. The fourth-order valence-electron chi connectivity index (χ4n) is 3.07. The van der Waals surface area contributed by atoms with Gasteiger partial charge in [0.15, 0.2) is 0 Å². The second-order valence-electron chi connectivity index (χ2n) is 6.18. The molecule has 1 unspecified atom stereocenters. The van der Waals surface area contributed by atoms with Crippen LogP contribution < -0.4 is 5.32 Å². The van der Waals surface area contributed by atoms with Crippen molar-refractivity contribution in [2.24, 2.45) is 0 Å². The number of ether oxygens (including phenoxy) is 1. The summed E-state index contributed by atoms with van der Waals surface area (Å²) in [7, 11) is 1.33. The Bertz CT molecular complexity index is 942. The van der Waals surface area contributed by atoms with Gasteiger partial charge >= 0.3 is 5.97 Å². The molecule has 26 heavy (non-hydrogen) atoms. The number of fused-ring (bicyclic) bond motifs is 1. The van der Waals surface area contributed by atoms with E-state index >= 15 is 0 Å². The van der Waals surface area contributed by atoms with Gasteiger partial charge in [0.25, 0.3) is 5.91 Å². The van der Waals surface area contributed by atoms with Crippen molar-refractivity contribution in [3.63, 3.8) is 0 Å². The molecular weight excluding hydrogens is 348 g/mol. The Labute approximate surface area is 156 Å². The third kappa shape index (κ3) is 3.65. The van der Waals surface area contributed by atoms with E-state index in [0.29, 0.717) is 11.3 Å². The van der Waals surface area contributed by atoms with Crippen LogP contribution in [0, 0.1) is 6.92 Å². The molecule has 2 N–H and O–H groups in total. The fraction of sp³-hybridized carbons (Fsp3) is 0.300. The number of thiophene rings is 1. The molecule has 0 spiro atoms. The minimum absolute atomic E-state index is 0.243. The van der Waals surface area contributed by atoms with Crippen LogP contribution in [0.4, 0.5) is 0 Å². The average Bonchev–Trinajstić information content (AvgIpc) is 3.24. The molecule has 2 heterocycles. The largest absolute Gasteiger partial charge is 0.467 e. The summed E-state index contributed by atoms with van der Waals surface area (Å²) in [5.41, 5.74) is 3.07. The van der Waals surface area contributed by atoms with Crippen LogP contribution in [-0.2, 0) is 22.4 Å². The maximum Gasteiger partial charge on any atom is 0.328 e. The summed E-state index contributed by atoms with van der Waals surface area (Å²) in [6, 6.07) is 9.01. The molecule has 0 fully saturated rings. The van der Waals surface area contributed by atoms with Crippen LogP contribution in [0.1, 0.15) is 32.6 Å². The molecule has 2 aromatic heterocycles. The first-order valence-corrected chi connectivity index (χ1v) is 9.38. The highest BCUT2D eigenvalue weighted by atomic mass is 32.1. The number of aromatic nitrogens is 1. The predicted molar refractivity (Wildman–Crippen MR) is 104 cm³/mol. The van der Waals surface area contributed by atoms with Crippen molar-refractivity contribution >= 4 is 34.1 Å². The highest BCUT2D eigenvalue weighted by molar-refractivity contribution is 7.14. The third-order valence-electron chi connectivity index (χ3n) is 4.46. The smallest absolute Gasteiger partial charge is 0.328 e. The van der Waals surface area contributed by atoms with Crippen LogP contribution in [0.2, 0.25) is 0 Å². The minimum atomic E-state index is -0.737. The Balaban J connectivity index is 1.82. The van der Waals surface area contributed by atoms with E-state index in [9.17, 15) is 9.59 Å². The molecule has 3 rings (SSSR count). The van der Waals surface area contributed by atoms with Crippen molar-refractivity contribution in [2.45, 2.75) is 32.7 Å². The van der Waals surface area contributed by atoms with E-state index in [2.05, 4.69) is 17.2 Å². The molecule has 0 aliphatic rings. The third-order valence-corrected chi connectivity index (χ3v) is 5.84. The lowest BCUT2D eigenvalue weighted by molar-refractivity contribution is -0.142. The van der Waals surface area contributed by atoms with Gasteiger partial charge in [0, 0.05) is 28.4 Å². The van der Waals surface area contributed by atoms with Gasteiger partial charge in [0.2, 0.25) is 0 Å². The van der Waals surface area contributed by atoms with Crippen molar-refractivity contribution in [1.82, 2.24) is 10.3 Å². The van der Waals surface area contributed by atoms with Gasteiger partial charge in [-0.1, -0.05) is 25.1 Å². The molecule has 0 saturated carbocycles. The molecule has 1 amide bonds. The lowest BCUT2D eigenvalue weighted by Gasteiger charge is -2.15. The topological polar surface area (TPSA) is 71.2 Å². The number of hydrogen-bond donors (Lipinski definition) is 2. The molecule has 1 atom stereocenters. The zero-order valence-corrected chi connectivity index (χ0v) is 15.9. The van der Waals surface area contributed by atoms with Gasteiger partial charge in [-0.05, 0) is 36.6 Å². The maximum atomic E-state index is 12.6. The van der Waals surface area contributed by atoms with Gasteiger partial charge in [-0.3, -0.25) is 4.79 Å². The molecule has 6 heteroatoms. The maximum absolute atomic E-state index is 12.6. The number of H-pyrrole nitrogens is 1. The highest BCUT2D eigenvalue weighted by Crippen LogP contribution is 2.23. The number of aromatic amines is 1. The van der Waals surface area contributed by atoms with Gasteiger partial charge in [-0.15, -0.1) is 11.3 Å². The fourth-order valence-corrected chi connectivity index (χ4v) is 4.09. The average molecular weight is 370 g/mol. The van der Waals surface area contributed by atoms with Crippen LogP contribution in [-0.4, -0.2) is 30.0 Å². The van der Waals surface area contributed by atoms with Crippen LogP contribution in [0.25, 0.3) is 10.9 Å². The Hall–Kier alpha value is -2.60. The Morgan fingerprint density at radius 1 is 1.31 bits per heavy atom.